The predicted octanol–water partition coefficient (Wildman–Crippen LogP) is 5.16. The van der Waals surface area contributed by atoms with Gasteiger partial charge in [-0.15, -0.1) is 11.3 Å². The van der Waals surface area contributed by atoms with Gasteiger partial charge in [-0.2, -0.15) is 0 Å². The fraction of sp³-hybridized carbons (Fsp3) is 0.357. The van der Waals surface area contributed by atoms with E-state index in [0.717, 1.165) is 29.7 Å². The molecule has 1 fully saturated rings. The van der Waals surface area contributed by atoms with E-state index in [1.165, 1.54) is 5.56 Å². The summed E-state index contributed by atoms with van der Waals surface area (Å²) in [5, 5.41) is 2.02. The van der Waals surface area contributed by atoms with Gasteiger partial charge in [-0.3, -0.25) is 9.59 Å². The van der Waals surface area contributed by atoms with Gasteiger partial charge in [0.2, 0.25) is 5.91 Å². The summed E-state index contributed by atoms with van der Waals surface area (Å²) in [6.45, 7) is 4.30. The van der Waals surface area contributed by atoms with Crippen LogP contribution in [0, 0.1) is 0 Å². The molecule has 0 aliphatic carbocycles. The van der Waals surface area contributed by atoms with Crippen molar-refractivity contribution in [2.24, 2.45) is 0 Å². The molecule has 1 atom stereocenters. The first kappa shape index (κ1) is 24.2. The van der Waals surface area contributed by atoms with Crippen LogP contribution in [0.5, 0.6) is 0 Å². The first-order chi connectivity index (χ1) is 16.6. The number of amides is 2. The van der Waals surface area contributed by atoms with Gasteiger partial charge in [0.15, 0.2) is 0 Å². The van der Waals surface area contributed by atoms with Crippen molar-refractivity contribution in [3.05, 3.63) is 93.7 Å². The predicted molar refractivity (Wildman–Crippen MR) is 136 cm³/mol. The van der Waals surface area contributed by atoms with E-state index in [-0.39, 0.29) is 24.5 Å². The van der Waals surface area contributed by atoms with Gasteiger partial charge in [0.05, 0.1) is 12.6 Å². The maximum absolute atomic E-state index is 13.6. The first-order valence-electron chi connectivity index (χ1n) is 12.0. The van der Waals surface area contributed by atoms with E-state index in [0.29, 0.717) is 31.8 Å². The molecular weight excluding hydrogens is 444 g/mol. The highest BCUT2D eigenvalue weighted by Gasteiger charge is 2.27. The molecule has 0 saturated carbocycles. The standard InChI is InChI=1S/C28H32N2O3S/c1-2-22-12-14-24(15-13-22)28(32)30(19-25-10-6-16-33-25)21-27(31)29(20-26-11-7-17-34-26)18-23-8-4-3-5-9-23/h3-5,7-9,11-15,17,25H,2,6,10,16,18-21H2,1H3/t25-/m1/s1. The van der Waals surface area contributed by atoms with Crippen molar-refractivity contribution in [3.8, 4) is 0 Å². The molecule has 0 spiro atoms. The number of nitrogens with zero attached hydrogens (tertiary/aromatic N) is 2. The summed E-state index contributed by atoms with van der Waals surface area (Å²) < 4.78 is 5.81. The van der Waals surface area contributed by atoms with E-state index in [2.05, 4.69) is 6.92 Å². The van der Waals surface area contributed by atoms with Crippen LogP contribution in [0.4, 0.5) is 0 Å². The molecule has 1 aliphatic rings. The van der Waals surface area contributed by atoms with Gasteiger partial charge >= 0.3 is 0 Å². The summed E-state index contributed by atoms with van der Waals surface area (Å²) in [6.07, 6.45) is 2.80. The fourth-order valence-corrected chi connectivity index (χ4v) is 4.93. The average Bonchev–Trinajstić information content (AvgIpc) is 3.58. The Morgan fingerprint density at radius 1 is 0.941 bits per heavy atom. The molecule has 1 aliphatic heterocycles. The second-order valence-corrected chi connectivity index (χ2v) is 9.72. The van der Waals surface area contributed by atoms with Crippen LogP contribution >= 0.6 is 11.3 Å². The Morgan fingerprint density at radius 2 is 1.74 bits per heavy atom. The molecule has 0 N–H and O–H groups in total. The number of thiophene rings is 1. The zero-order valence-corrected chi connectivity index (χ0v) is 20.5. The molecule has 0 radical (unpaired) electrons. The van der Waals surface area contributed by atoms with Crippen LogP contribution in [0.1, 0.15) is 46.1 Å². The minimum Gasteiger partial charge on any atom is -0.376 e. The summed E-state index contributed by atoms with van der Waals surface area (Å²) in [5.41, 5.74) is 2.86. The van der Waals surface area contributed by atoms with Gasteiger partial charge in [-0.25, -0.2) is 0 Å². The lowest BCUT2D eigenvalue weighted by atomic mass is 10.1. The highest BCUT2D eigenvalue weighted by molar-refractivity contribution is 7.09. The number of carbonyl (C=O) groups is 2. The quantitative estimate of drug-likeness (QED) is 0.406. The number of carbonyl (C=O) groups excluding carboxylic acids is 2. The van der Waals surface area contributed by atoms with E-state index >= 15 is 0 Å². The molecule has 1 aromatic heterocycles. The van der Waals surface area contributed by atoms with Gasteiger partial charge in [-0.1, -0.05) is 55.5 Å². The molecule has 178 valence electrons. The topological polar surface area (TPSA) is 49.9 Å². The Labute approximate surface area is 206 Å². The van der Waals surface area contributed by atoms with Crippen molar-refractivity contribution in [1.82, 2.24) is 9.80 Å². The molecule has 6 heteroatoms. The summed E-state index contributed by atoms with van der Waals surface area (Å²) in [6, 6.07) is 21.7. The lowest BCUT2D eigenvalue weighted by molar-refractivity contribution is -0.133. The molecule has 0 bridgehead atoms. The summed E-state index contributed by atoms with van der Waals surface area (Å²) in [5.74, 6) is -0.184. The Hall–Kier alpha value is -2.96. The molecule has 2 amide bonds. The molecule has 5 nitrogen and oxygen atoms in total. The number of hydrogen-bond acceptors (Lipinski definition) is 4. The van der Waals surface area contributed by atoms with Crippen molar-refractivity contribution < 1.29 is 14.3 Å². The first-order valence-corrected chi connectivity index (χ1v) is 12.8. The second kappa shape index (κ2) is 12.0. The van der Waals surface area contributed by atoms with Crippen molar-refractivity contribution in [1.29, 1.82) is 0 Å². The maximum atomic E-state index is 13.6. The van der Waals surface area contributed by atoms with E-state index < -0.39 is 0 Å². The second-order valence-electron chi connectivity index (χ2n) is 8.69. The van der Waals surface area contributed by atoms with E-state index in [4.69, 9.17) is 4.74 Å². The third kappa shape index (κ3) is 6.55. The van der Waals surface area contributed by atoms with Gasteiger partial charge in [-0.05, 0) is 54.0 Å². The maximum Gasteiger partial charge on any atom is 0.254 e. The molecule has 4 rings (SSSR count). The molecule has 1 saturated heterocycles. The smallest absolute Gasteiger partial charge is 0.254 e. The molecule has 2 heterocycles. The average molecular weight is 477 g/mol. The number of ether oxygens (including phenoxy) is 1. The lowest BCUT2D eigenvalue weighted by Crippen LogP contribution is -2.45. The lowest BCUT2D eigenvalue weighted by Gasteiger charge is -2.29. The van der Waals surface area contributed by atoms with Gasteiger partial charge in [0.1, 0.15) is 6.54 Å². The number of aryl methyl sites for hydroxylation is 1. The largest absolute Gasteiger partial charge is 0.376 e. The van der Waals surface area contributed by atoms with E-state index in [9.17, 15) is 9.59 Å². The molecule has 0 unspecified atom stereocenters. The number of rotatable bonds is 10. The van der Waals surface area contributed by atoms with Gasteiger partial charge in [0, 0.05) is 30.1 Å². The summed E-state index contributed by atoms with van der Waals surface area (Å²) >= 11 is 1.64. The molecule has 3 aromatic rings. The van der Waals surface area contributed by atoms with Crippen LogP contribution < -0.4 is 0 Å². The summed E-state index contributed by atoms with van der Waals surface area (Å²) in [4.78, 5) is 31.7. The zero-order chi connectivity index (χ0) is 23.8. The molecule has 2 aromatic carbocycles. The highest BCUT2D eigenvalue weighted by Crippen LogP contribution is 2.18. The van der Waals surface area contributed by atoms with Crippen LogP contribution in [-0.2, 0) is 29.0 Å². The van der Waals surface area contributed by atoms with Crippen LogP contribution in [0.2, 0.25) is 0 Å². The Kier molecular flexibility index (Phi) is 8.50. The van der Waals surface area contributed by atoms with Crippen molar-refractivity contribution >= 4 is 23.2 Å². The van der Waals surface area contributed by atoms with Gasteiger partial charge < -0.3 is 14.5 Å². The third-order valence-corrected chi connectivity index (χ3v) is 7.03. The van der Waals surface area contributed by atoms with Crippen LogP contribution in [0.3, 0.4) is 0 Å². The number of benzene rings is 2. The molecule has 34 heavy (non-hydrogen) atoms. The highest BCUT2D eigenvalue weighted by atomic mass is 32.1. The minimum atomic E-state index is -0.123. The Bertz CT molecular complexity index is 1050. The van der Waals surface area contributed by atoms with E-state index in [1.807, 2.05) is 77.0 Å². The summed E-state index contributed by atoms with van der Waals surface area (Å²) in [7, 11) is 0. The number of hydrogen-bond donors (Lipinski definition) is 0. The minimum absolute atomic E-state index is 0.0217. The van der Waals surface area contributed by atoms with Gasteiger partial charge in [0.25, 0.3) is 5.91 Å². The van der Waals surface area contributed by atoms with Crippen molar-refractivity contribution in [2.75, 3.05) is 19.7 Å². The van der Waals surface area contributed by atoms with Crippen LogP contribution in [0.25, 0.3) is 0 Å². The van der Waals surface area contributed by atoms with Crippen LogP contribution in [0.15, 0.2) is 72.1 Å². The molecular formula is C28H32N2O3S. The third-order valence-electron chi connectivity index (χ3n) is 6.17. The van der Waals surface area contributed by atoms with Crippen LogP contribution in [-0.4, -0.2) is 47.4 Å². The zero-order valence-electron chi connectivity index (χ0n) is 19.7. The fourth-order valence-electron chi connectivity index (χ4n) is 4.21. The normalized spacial score (nSPS) is 15.3. The van der Waals surface area contributed by atoms with Crippen molar-refractivity contribution in [2.45, 2.75) is 45.4 Å². The SMILES string of the molecule is CCc1ccc(C(=O)N(CC(=O)N(Cc2ccccc2)Cc2cccs2)C[C@H]2CCCO2)cc1. The van der Waals surface area contributed by atoms with E-state index in [1.54, 1.807) is 16.2 Å². The monoisotopic (exact) mass is 476 g/mol. The van der Waals surface area contributed by atoms with Crippen molar-refractivity contribution in [3.63, 3.8) is 0 Å². The Morgan fingerprint density at radius 3 is 2.38 bits per heavy atom. The Balaban J connectivity index is 1.53.